The molecular weight excluding hydrogens is 489 g/mol. The molecule has 6 nitrogen and oxygen atoms in total. The van der Waals surface area contributed by atoms with Crippen molar-refractivity contribution in [2.45, 2.75) is 39.8 Å². The lowest BCUT2D eigenvalue weighted by Crippen LogP contribution is -2.36. The molecule has 1 aliphatic heterocycles. The number of nitrogens with zero attached hydrogens (tertiary/aromatic N) is 3. The lowest BCUT2D eigenvalue weighted by atomic mass is 9.99. The molecule has 0 spiro atoms. The Morgan fingerprint density at radius 2 is 1.93 bits per heavy atom. The average Bonchev–Trinajstić information content (AvgIpc) is 2.77. The molecule has 1 aromatic carbocycles. The van der Waals surface area contributed by atoms with E-state index in [1.54, 1.807) is 7.11 Å². The Morgan fingerprint density at radius 3 is 2.60 bits per heavy atom. The number of piperidine rings is 1. The van der Waals surface area contributed by atoms with E-state index in [0.29, 0.717) is 13.1 Å². The molecule has 0 atom stereocenters. The van der Waals surface area contributed by atoms with Crippen LogP contribution in [0.15, 0.2) is 47.6 Å². The van der Waals surface area contributed by atoms with Gasteiger partial charge in [0, 0.05) is 37.9 Å². The van der Waals surface area contributed by atoms with Crippen molar-refractivity contribution in [3.63, 3.8) is 0 Å². The van der Waals surface area contributed by atoms with Crippen LogP contribution in [0.4, 0.5) is 5.82 Å². The summed E-state index contributed by atoms with van der Waals surface area (Å²) < 4.78 is 5.42. The van der Waals surface area contributed by atoms with E-state index in [2.05, 4.69) is 52.6 Å². The summed E-state index contributed by atoms with van der Waals surface area (Å²) in [7, 11) is 1.69. The zero-order chi connectivity index (χ0) is 20.5. The van der Waals surface area contributed by atoms with Gasteiger partial charge in [-0.15, -0.1) is 24.0 Å². The van der Waals surface area contributed by atoms with Crippen LogP contribution < -0.4 is 20.3 Å². The fourth-order valence-corrected chi connectivity index (χ4v) is 3.48. The lowest BCUT2D eigenvalue weighted by molar-refractivity contribution is 0.409. The highest BCUT2D eigenvalue weighted by molar-refractivity contribution is 14.0. The summed E-state index contributed by atoms with van der Waals surface area (Å²) in [5.74, 6) is 3.56. The van der Waals surface area contributed by atoms with E-state index in [1.807, 2.05) is 24.4 Å². The van der Waals surface area contributed by atoms with Crippen molar-refractivity contribution in [3.8, 4) is 5.75 Å². The third-order valence-corrected chi connectivity index (χ3v) is 5.32. The topological polar surface area (TPSA) is 61.8 Å². The standard InChI is InChI=1S/C23H33N5O.HI/c1-4-24-23(27-17-20-7-5-6-8-21(20)29-3)26-16-19-9-10-22(25-15-19)28-13-11-18(2)12-14-28;/h5-10,15,18H,4,11-14,16-17H2,1-3H3,(H2,24,26,27);1H. The molecule has 30 heavy (non-hydrogen) atoms. The zero-order valence-corrected chi connectivity index (χ0v) is 20.6. The minimum Gasteiger partial charge on any atom is -0.496 e. The van der Waals surface area contributed by atoms with Crippen molar-refractivity contribution in [3.05, 3.63) is 53.7 Å². The molecule has 0 aliphatic carbocycles. The molecule has 1 fully saturated rings. The smallest absolute Gasteiger partial charge is 0.191 e. The highest BCUT2D eigenvalue weighted by atomic mass is 127. The molecule has 0 amide bonds. The lowest BCUT2D eigenvalue weighted by Gasteiger charge is -2.31. The molecule has 0 radical (unpaired) electrons. The molecule has 7 heteroatoms. The van der Waals surface area contributed by atoms with Gasteiger partial charge in [0.1, 0.15) is 11.6 Å². The molecule has 1 aromatic heterocycles. The SMILES string of the molecule is CCNC(=NCc1ccc(N2CCC(C)CC2)nc1)NCc1ccccc1OC.I. The molecular formula is C23H34IN5O. The average molecular weight is 523 g/mol. The Hall–Kier alpha value is -2.03. The van der Waals surface area contributed by atoms with Gasteiger partial charge in [-0.3, -0.25) is 0 Å². The van der Waals surface area contributed by atoms with Crippen molar-refractivity contribution >= 4 is 35.8 Å². The first kappa shape index (κ1) is 24.2. The monoisotopic (exact) mass is 523 g/mol. The number of ether oxygens (including phenoxy) is 1. The second-order valence-electron chi connectivity index (χ2n) is 7.55. The number of nitrogens with one attached hydrogen (secondary N) is 2. The van der Waals surface area contributed by atoms with Crippen molar-refractivity contribution in [1.29, 1.82) is 0 Å². The number of pyridine rings is 1. The first-order chi connectivity index (χ1) is 14.2. The quantitative estimate of drug-likeness (QED) is 0.324. The Labute approximate surface area is 197 Å². The summed E-state index contributed by atoms with van der Waals surface area (Å²) in [5.41, 5.74) is 2.20. The van der Waals surface area contributed by atoms with E-state index in [1.165, 1.54) is 12.8 Å². The van der Waals surface area contributed by atoms with E-state index in [4.69, 9.17) is 9.73 Å². The second-order valence-corrected chi connectivity index (χ2v) is 7.55. The van der Waals surface area contributed by atoms with Gasteiger partial charge in [-0.2, -0.15) is 0 Å². The van der Waals surface area contributed by atoms with E-state index < -0.39 is 0 Å². The van der Waals surface area contributed by atoms with Gasteiger partial charge in [-0.05, 0) is 43.4 Å². The molecule has 3 rings (SSSR count). The fourth-order valence-electron chi connectivity index (χ4n) is 3.48. The summed E-state index contributed by atoms with van der Waals surface area (Å²) in [4.78, 5) is 11.8. The number of methoxy groups -OCH3 is 1. The van der Waals surface area contributed by atoms with Crippen LogP contribution in [0.5, 0.6) is 5.75 Å². The van der Waals surface area contributed by atoms with Crippen LogP contribution in [-0.4, -0.2) is 37.7 Å². The summed E-state index contributed by atoms with van der Waals surface area (Å²) in [5, 5.41) is 6.68. The van der Waals surface area contributed by atoms with Gasteiger partial charge in [0.25, 0.3) is 0 Å². The summed E-state index contributed by atoms with van der Waals surface area (Å²) in [6, 6.07) is 12.3. The minimum absolute atomic E-state index is 0. The van der Waals surface area contributed by atoms with Gasteiger partial charge in [0.15, 0.2) is 5.96 Å². The van der Waals surface area contributed by atoms with Crippen LogP contribution in [0.3, 0.4) is 0 Å². The van der Waals surface area contributed by atoms with Crippen LogP contribution in [0, 0.1) is 5.92 Å². The Kier molecular flexibility index (Phi) is 10.2. The third kappa shape index (κ3) is 7.04. The molecule has 2 N–H and O–H groups in total. The normalized spacial score (nSPS) is 14.8. The summed E-state index contributed by atoms with van der Waals surface area (Å²) in [6.45, 7) is 8.65. The van der Waals surface area contributed by atoms with Gasteiger partial charge in [-0.1, -0.05) is 31.2 Å². The largest absolute Gasteiger partial charge is 0.496 e. The highest BCUT2D eigenvalue weighted by Crippen LogP contribution is 2.21. The molecule has 1 saturated heterocycles. The summed E-state index contributed by atoms with van der Waals surface area (Å²) in [6.07, 6.45) is 4.44. The van der Waals surface area contributed by atoms with E-state index in [0.717, 1.165) is 54.2 Å². The first-order valence-electron chi connectivity index (χ1n) is 10.5. The van der Waals surface area contributed by atoms with Crippen LogP contribution in [0.1, 0.15) is 37.8 Å². The molecule has 1 aliphatic rings. The van der Waals surface area contributed by atoms with Crippen molar-refractivity contribution in [2.75, 3.05) is 31.6 Å². The second kappa shape index (κ2) is 12.6. The van der Waals surface area contributed by atoms with Gasteiger partial charge in [0.2, 0.25) is 0 Å². The predicted molar refractivity (Wildman–Crippen MR) is 135 cm³/mol. The van der Waals surface area contributed by atoms with Gasteiger partial charge < -0.3 is 20.3 Å². The number of para-hydroxylation sites is 1. The predicted octanol–water partition coefficient (Wildman–Crippen LogP) is 4.20. The van der Waals surface area contributed by atoms with Crippen molar-refractivity contribution < 1.29 is 4.74 Å². The maximum Gasteiger partial charge on any atom is 0.191 e. The van der Waals surface area contributed by atoms with Crippen LogP contribution >= 0.6 is 24.0 Å². The van der Waals surface area contributed by atoms with Crippen LogP contribution in [0.2, 0.25) is 0 Å². The molecule has 0 saturated carbocycles. The molecule has 164 valence electrons. The number of hydrogen-bond acceptors (Lipinski definition) is 4. The van der Waals surface area contributed by atoms with E-state index in [-0.39, 0.29) is 24.0 Å². The zero-order valence-electron chi connectivity index (χ0n) is 18.2. The third-order valence-electron chi connectivity index (χ3n) is 5.32. The van der Waals surface area contributed by atoms with Crippen molar-refractivity contribution in [1.82, 2.24) is 15.6 Å². The molecule has 2 heterocycles. The molecule has 2 aromatic rings. The molecule has 0 unspecified atom stereocenters. The number of benzene rings is 1. The Balaban J connectivity index is 0.00000320. The van der Waals surface area contributed by atoms with Crippen LogP contribution in [0.25, 0.3) is 0 Å². The maximum atomic E-state index is 5.42. The molecule has 0 bridgehead atoms. The highest BCUT2D eigenvalue weighted by Gasteiger charge is 2.16. The number of aromatic nitrogens is 1. The van der Waals surface area contributed by atoms with Gasteiger partial charge >= 0.3 is 0 Å². The van der Waals surface area contributed by atoms with Crippen molar-refractivity contribution in [2.24, 2.45) is 10.9 Å². The van der Waals surface area contributed by atoms with E-state index >= 15 is 0 Å². The number of halogens is 1. The number of anilines is 1. The minimum atomic E-state index is 0. The summed E-state index contributed by atoms with van der Waals surface area (Å²) >= 11 is 0. The van der Waals surface area contributed by atoms with E-state index in [9.17, 15) is 0 Å². The van der Waals surface area contributed by atoms with Gasteiger partial charge in [0.05, 0.1) is 13.7 Å². The Bertz CT molecular complexity index is 788. The van der Waals surface area contributed by atoms with Crippen LogP contribution in [-0.2, 0) is 13.1 Å². The number of rotatable bonds is 7. The first-order valence-corrected chi connectivity index (χ1v) is 10.5. The maximum absolute atomic E-state index is 5.42. The Morgan fingerprint density at radius 1 is 1.17 bits per heavy atom. The number of aliphatic imine (C=N–C) groups is 1. The number of hydrogen-bond donors (Lipinski definition) is 2. The number of guanidine groups is 1. The van der Waals surface area contributed by atoms with Gasteiger partial charge in [-0.25, -0.2) is 9.98 Å². The fraction of sp³-hybridized carbons (Fsp3) is 0.478.